The van der Waals surface area contributed by atoms with Gasteiger partial charge in [-0.1, -0.05) is 74.1 Å². The molecule has 0 fully saturated rings. The highest BCUT2D eigenvalue weighted by Crippen LogP contribution is 2.28. The van der Waals surface area contributed by atoms with Gasteiger partial charge in [0.25, 0.3) is 0 Å². The zero-order valence-electron chi connectivity index (χ0n) is 13.4. The quantitative estimate of drug-likeness (QED) is 0.453. The normalized spacial score (nSPS) is 19.1. The van der Waals surface area contributed by atoms with Gasteiger partial charge in [0.05, 0.1) is 0 Å². The van der Waals surface area contributed by atoms with Gasteiger partial charge in [-0.3, -0.25) is 0 Å². The Bertz CT molecular complexity index is 171. The Morgan fingerprint density at radius 2 is 1.24 bits per heavy atom. The predicted octanol–water partition coefficient (Wildman–Crippen LogP) is 6.16. The fourth-order valence-electron chi connectivity index (χ4n) is 2.83. The molecule has 0 radical (unpaired) electrons. The van der Waals surface area contributed by atoms with Crippen LogP contribution in [0.5, 0.6) is 0 Å². The molecular formula is C17H36. The molecule has 0 spiro atoms. The van der Waals surface area contributed by atoms with E-state index >= 15 is 0 Å². The lowest BCUT2D eigenvalue weighted by atomic mass is 9.80. The standard InChI is InChI=1S/C17H36/c1-8-9-14(4)10-11-15(5)12-16(6)17(7)13(2)3/h13-17H,8-12H2,1-7H3. The van der Waals surface area contributed by atoms with Crippen LogP contribution in [-0.2, 0) is 0 Å². The summed E-state index contributed by atoms with van der Waals surface area (Å²) in [6.07, 6.45) is 7.02. The molecule has 0 aliphatic rings. The van der Waals surface area contributed by atoms with Crippen molar-refractivity contribution in [1.29, 1.82) is 0 Å². The van der Waals surface area contributed by atoms with E-state index in [9.17, 15) is 0 Å². The second-order valence-electron chi connectivity index (χ2n) is 6.89. The molecule has 0 saturated carbocycles. The second-order valence-corrected chi connectivity index (χ2v) is 6.89. The summed E-state index contributed by atoms with van der Waals surface area (Å²) >= 11 is 0. The summed E-state index contributed by atoms with van der Waals surface area (Å²) in [6.45, 7) is 16.7. The Labute approximate surface area is 111 Å². The van der Waals surface area contributed by atoms with Crippen molar-refractivity contribution >= 4 is 0 Å². The van der Waals surface area contributed by atoms with E-state index in [2.05, 4.69) is 48.5 Å². The molecule has 4 unspecified atom stereocenters. The lowest BCUT2D eigenvalue weighted by molar-refractivity contribution is 0.242. The van der Waals surface area contributed by atoms with Gasteiger partial charge in [0, 0.05) is 0 Å². The molecule has 0 rings (SSSR count). The summed E-state index contributed by atoms with van der Waals surface area (Å²) in [5.41, 5.74) is 0. The van der Waals surface area contributed by atoms with Gasteiger partial charge in [0.15, 0.2) is 0 Å². The van der Waals surface area contributed by atoms with Gasteiger partial charge in [-0.15, -0.1) is 0 Å². The predicted molar refractivity (Wildman–Crippen MR) is 80.3 cm³/mol. The molecule has 0 N–H and O–H groups in total. The molecule has 0 nitrogen and oxygen atoms in total. The van der Waals surface area contributed by atoms with Crippen LogP contribution in [0.15, 0.2) is 0 Å². The van der Waals surface area contributed by atoms with E-state index < -0.39 is 0 Å². The third-order valence-electron chi connectivity index (χ3n) is 4.66. The van der Waals surface area contributed by atoms with E-state index in [4.69, 9.17) is 0 Å². The molecule has 0 aromatic rings. The van der Waals surface area contributed by atoms with Crippen LogP contribution in [0.2, 0.25) is 0 Å². The summed E-state index contributed by atoms with van der Waals surface area (Å²) in [5, 5.41) is 0. The highest BCUT2D eigenvalue weighted by molar-refractivity contribution is 4.69. The highest BCUT2D eigenvalue weighted by atomic mass is 14.2. The van der Waals surface area contributed by atoms with E-state index in [1.807, 2.05) is 0 Å². The lowest BCUT2D eigenvalue weighted by Crippen LogP contribution is -2.17. The van der Waals surface area contributed by atoms with Crippen LogP contribution in [0, 0.1) is 29.6 Å². The van der Waals surface area contributed by atoms with Crippen LogP contribution in [0.25, 0.3) is 0 Å². The van der Waals surface area contributed by atoms with E-state index in [0.717, 1.165) is 29.6 Å². The molecule has 0 saturated heterocycles. The number of rotatable bonds is 9. The summed E-state index contributed by atoms with van der Waals surface area (Å²) in [6, 6.07) is 0. The monoisotopic (exact) mass is 240 g/mol. The third-order valence-corrected chi connectivity index (χ3v) is 4.66. The van der Waals surface area contributed by atoms with Crippen molar-refractivity contribution in [2.75, 3.05) is 0 Å². The minimum absolute atomic E-state index is 0.830. The Hall–Kier alpha value is 0. The Balaban J connectivity index is 3.81. The van der Waals surface area contributed by atoms with E-state index in [-0.39, 0.29) is 0 Å². The SMILES string of the molecule is CCCC(C)CCC(C)CC(C)C(C)C(C)C. The lowest BCUT2D eigenvalue weighted by Gasteiger charge is -2.26. The molecule has 104 valence electrons. The van der Waals surface area contributed by atoms with Crippen molar-refractivity contribution in [1.82, 2.24) is 0 Å². The van der Waals surface area contributed by atoms with Crippen LogP contribution in [0.1, 0.15) is 80.6 Å². The molecule has 4 atom stereocenters. The Morgan fingerprint density at radius 3 is 1.71 bits per heavy atom. The maximum Gasteiger partial charge on any atom is -0.0394 e. The van der Waals surface area contributed by atoms with Crippen LogP contribution < -0.4 is 0 Å². The van der Waals surface area contributed by atoms with Crippen molar-refractivity contribution in [3.8, 4) is 0 Å². The summed E-state index contributed by atoms with van der Waals surface area (Å²) < 4.78 is 0. The van der Waals surface area contributed by atoms with Gasteiger partial charge >= 0.3 is 0 Å². The first-order valence-corrected chi connectivity index (χ1v) is 7.88. The maximum absolute atomic E-state index is 2.45. The van der Waals surface area contributed by atoms with Crippen LogP contribution >= 0.6 is 0 Å². The van der Waals surface area contributed by atoms with Gasteiger partial charge < -0.3 is 0 Å². The Morgan fingerprint density at radius 1 is 0.706 bits per heavy atom. The van der Waals surface area contributed by atoms with Crippen LogP contribution in [0.4, 0.5) is 0 Å². The summed E-state index contributed by atoms with van der Waals surface area (Å²) in [7, 11) is 0. The molecule has 17 heavy (non-hydrogen) atoms. The Kier molecular flexibility index (Phi) is 9.00. The molecule has 0 aromatic carbocycles. The minimum Gasteiger partial charge on any atom is -0.0654 e. The molecule has 0 bridgehead atoms. The number of hydrogen-bond acceptors (Lipinski definition) is 0. The average molecular weight is 240 g/mol. The van der Waals surface area contributed by atoms with E-state index in [1.54, 1.807) is 0 Å². The van der Waals surface area contributed by atoms with Gasteiger partial charge in [-0.2, -0.15) is 0 Å². The first kappa shape index (κ1) is 17.0. The second kappa shape index (κ2) is 9.00. The largest absolute Gasteiger partial charge is 0.0654 e. The first-order chi connectivity index (χ1) is 7.88. The van der Waals surface area contributed by atoms with Crippen molar-refractivity contribution in [3.05, 3.63) is 0 Å². The van der Waals surface area contributed by atoms with Gasteiger partial charge in [-0.05, 0) is 36.0 Å². The van der Waals surface area contributed by atoms with Crippen molar-refractivity contribution in [2.24, 2.45) is 29.6 Å². The van der Waals surface area contributed by atoms with Gasteiger partial charge in [-0.25, -0.2) is 0 Å². The third kappa shape index (κ3) is 7.84. The summed E-state index contributed by atoms with van der Waals surface area (Å²) in [4.78, 5) is 0. The minimum atomic E-state index is 0.830. The molecule has 0 heterocycles. The van der Waals surface area contributed by atoms with E-state index in [1.165, 1.54) is 32.1 Å². The van der Waals surface area contributed by atoms with Crippen molar-refractivity contribution in [3.63, 3.8) is 0 Å². The van der Waals surface area contributed by atoms with Crippen molar-refractivity contribution in [2.45, 2.75) is 80.6 Å². The molecule has 0 aliphatic heterocycles. The molecule has 0 aromatic heterocycles. The highest BCUT2D eigenvalue weighted by Gasteiger charge is 2.18. The van der Waals surface area contributed by atoms with Gasteiger partial charge in [0.1, 0.15) is 0 Å². The van der Waals surface area contributed by atoms with Crippen LogP contribution in [-0.4, -0.2) is 0 Å². The topological polar surface area (TPSA) is 0 Å². The smallest absolute Gasteiger partial charge is 0.0394 e. The maximum atomic E-state index is 2.45. The average Bonchev–Trinajstić information content (AvgIpc) is 2.25. The summed E-state index contributed by atoms with van der Waals surface area (Å²) in [5.74, 6) is 4.42. The van der Waals surface area contributed by atoms with Gasteiger partial charge in [0.2, 0.25) is 0 Å². The zero-order valence-corrected chi connectivity index (χ0v) is 13.4. The fraction of sp³-hybridized carbons (Fsp3) is 1.00. The molecule has 0 aliphatic carbocycles. The van der Waals surface area contributed by atoms with Crippen molar-refractivity contribution < 1.29 is 0 Å². The molecule has 0 amide bonds. The zero-order chi connectivity index (χ0) is 13.4. The van der Waals surface area contributed by atoms with Crippen LogP contribution in [0.3, 0.4) is 0 Å². The van der Waals surface area contributed by atoms with E-state index in [0.29, 0.717) is 0 Å². The fourth-order valence-corrected chi connectivity index (χ4v) is 2.83. The molecular weight excluding hydrogens is 204 g/mol. The number of hydrogen-bond donors (Lipinski definition) is 0. The molecule has 0 heteroatoms. The first-order valence-electron chi connectivity index (χ1n) is 7.88.